The monoisotopic (exact) mass is 271 g/mol. The van der Waals surface area contributed by atoms with Gasteiger partial charge in [0.25, 0.3) is 0 Å². The van der Waals surface area contributed by atoms with Gasteiger partial charge in [0.05, 0.1) is 4.90 Å². The molecule has 18 heavy (non-hydrogen) atoms. The molecule has 0 saturated carbocycles. The van der Waals surface area contributed by atoms with Crippen LogP contribution in [0.2, 0.25) is 0 Å². The maximum Gasteiger partial charge on any atom is 0.243 e. The second kappa shape index (κ2) is 4.97. The first-order valence-electron chi connectivity index (χ1n) is 6.26. The zero-order valence-corrected chi connectivity index (χ0v) is 11.5. The third-order valence-electron chi connectivity index (χ3n) is 3.57. The first-order chi connectivity index (χ1) is 8.46. The fourth-order valence-corrected chi connectivity index (χ4v) is 4.54. The van der Waals surface area contributed by atoms with Gasteiger partial charge in [-0.15, -0.1) is 0 Å². The zero-order valence-electron chi connectivity index (χ0n) is 10.6. The largest absolute Gasteiger partial charge is 0.243 e. The molecule has 100 valence electrons. The van der Waals surface area contributed by atoms with Crippen LogP contribution in [0.3, 0.4) is 0 Å². The molecule has 0 radical (unpaired) electrons. The van der Waals surface area contributed by atoms with Gasteiger partial charge in [-0.25, -0.2) is 12.8 Å². The predicted octanol–water partition coefficient (Wildman–Crippen LogP) is 2.78. The summed E-state index contributed by atoms with van der Waals surface area (Å²) < 4.78 is 39.5. The van der Waals surface area contributed by atoms with E-state index in [-0.39, 0.29) is 17.0 Å². The van der Waals surface area contributed by atoms with Crippen molar-refractivity contribution in [1.29, 1.82) is 0 Å². The van der Waals surface area contributed by atoms with Crippen LogP contribution in [0, 0.1) is 5.82 Å². The molecule has 1 aliphatic heterocycles. The van der Waals surface area contributed by atoms with E-state index in [1.807, 2.05) is 13.8 Å². The quantitative estimate of drug-likeness (QED) is 0.847. The Morgan fingerprint density at radius 1 is 1.28 bits per heavy atom. The van der Waals surface area contributed by atoms with Gasteiger partial charge in [0.2, 0.25) is 10.0 Å². The van der Waals surface area contributed by atoms with Crippen LogP contribution in [0.15, 0.2) is 29.2 Å². The lowest BCUT2D eigenvalue weighted by Gasteiger charge is -2.26. The van der Waals surface area contributed by atoms with Crippen LogP contribution in [0.5, 0.6) is 0 Å². The Kier molecular flexibility index (Phi) is 3.73. The van der Waals surface area contributed by atoms with Gasteiger partial charge in [0.1, 0.15) is 5.82 Å². The van der Waals surface area contributed by atoms with Crippen LogP contribution < -0.4 is 0 Å². The molecular weight excluding hydrogens is 253 g/mol. The summed E-state index contributed by atoms with van der Waals surface area (Å²) in [4.78, 5) is 0.177. The number of sulfonamides is 1. The first kappa shape index (κ1) is 13.5. The minimum Gasteiger partial charge on any atom is -0.207 e. The zero-order chi connectivity index (χ0) is 13.3. The molecule has 1 aliphatic rings. The van der Waals surface area contributed by atoms with Gasteiger partial charge in [0.15, 0.2) is 0 Å². The maximum atomic E-state index is 12.9. The molecule has 0 bridgehead atoms. The van der Waals surface area contributed by atoms with Crippen molar-refractivity contribution in [3.8, 4) is 0 Å². The SMILES string of the molecule is CCC1CCC(C)N1S(=O)(=O)c1ccc(F)cc1. The van der Waals surface area contributed by atoms with E-state index in [0.29, 0.717) is 0 Å². The summed E-state index contributed by atoms with van der Waals surface area (Å²) in [5, 5.41) is 0. The molecule has 1 aromatic rings. The summed E-state index contributed by atoms with van der Waals surface area (Å²) in [6, 6.07) is 5.13. The summed E-state index contributed by atoms with van der Waals surface area (Å²) in [5.74, 6) is -0.421. The second-order valence-corrected chi connectivity index (χ2v) is 6.62. The summed E-state index contributed by atoms with van der Waals surface area (Å²) in [6.45, 7) is 3.92. The third-order valence-corrected chi connectivity index (χ3v) is 5.65. The summed E-state index contributed by atoms with van der Waals surface area (Å²) in [5.41, 5.74) is 0. The van der Waals surface area contributed by atoms with E-state index in [2.05, 4.69) is 0 Å². The first-order valence-corrected chi connectivity index (χ1v) is 7.70. The van der Waals surface area contributed by atoms with E-state index in [0.717, 1.165) is 19.3 Å². The van der Waals surface area contributed by atoms with E-state index >= 15 is 0 Å². The minimum absolute atomic E-state index is 0.0185. The van der Waals surface area contributed by atoms with Gasteiger partial charge in [-0.3, -0.25) is 0 Å². The Morgan fingerprint density at radius 2 is 1.89 bits per heavy atom. The third kappa shape index (κ3) is 2.29. The van der Waals surface area contributed by atoms with Crippen molar-refractivity contribution in [2.75, 3.05) is 0 Å². The molecule has 0 N–H and O–H groups in total. The highest BCUT2D eigenvalue weighted by Gasteiger charge is 2.38. The smallest absolute Gasteiger partial charge is 0.207 e. The molecule has 3 nitrogen and oxygen atoms in total. The Morgan fingerprint density at radius 3 is 2.44 bits per heavy atom. The van der Waals surface area contributed by atoms with Gasteiger partial charge in [-0.2, -0.15) is 4.31 Å². The molecule has 2 atom stereocenters. The predicted molar refractivity (Wildman–Crippen MR) is 68.2 cm³/mol. The van der Waals surface area contributed by atoms with Gasteiger partial charge >= 0.3 is 0 Å². The standard InChI is InChI=1S/C13H18FNO2S/c1-3-12-7-4-10(2)15(12)18(16,17)13-8-5-11(14)6-9-13/h5-6,8-10,12H,3-4,7H2,1-2H3. The summed E-state index contributed by atoms with van der Waals surface area (Å²) >= 11 is 0. The Labute approximate surface area is 108 Å². The summed E-state index contributed by atoms with van der Waals surface area (Å²) in [7, 11) is -3.50. The van der Waals surface area contributed by atoms with Crippen molar-refractivity contribution in [2.24, 2.45) is 0 Å². The molecule has 2 rings (SSSR count). The highest BCUT2D eigenvalue weighted by atomic mass is 32.2. The van der Waals surface area contributed by atoms with Crippen molar-refractivity contribution in [3.63, 3.8) is 0 Å². The lowest BCUT2D eigenvalue weighted by Crippen LogP contribution is -2.39. The van der Waals surface area contributed by atoms with Crippen molar-refractivity contribution < 1.29 is 12.8 Å². The molecule has 0 aliphatic carbocycles. The van der Waals surface area contributed by atoms with Crippen LogP contribution in [-0.2, 0) is 10.0 Å². The highest BCUT2D eigenvalue weighted by Crippen LogP contribution is 2.32. The Hall–Kier alpha value is -0.940. The lowest BCUT2D eigenvalue weighted by atomic mass is 10.2. The summed E-state index contributed by atoms with van der Waals surface area (Å²) in [6.07, 6.45) is 2.60. The lowest BCUT2D eigenvalue weighted by molar-refractivity contribution is 0.328. The Balaban J connectivity index is 2.38. The van der Waals surface area contributed by atoms with Gasteiger partial charge < -0.3 is 0 Å². The van der Waals surface area contributed by atoms with Crippen molar-refractivity contribution >= 4 is 10.0 Å². The Bertz CT molecular complexity index is 512. The van der Waals surface area contributed by atoms with Crippen LogP contribution in [-0.4, -0.2) is 24.8 Å². The maximum absolute atomic E-state index is 12.9. The number of hydrogen-bond donors (Lipinski definition) is 0. The second-order valence-electron chi connectivity index (χ2n) is 4.78. The van der Waals surface area contributed by atoms with Crippen LogP contribution in [0.4, 0.5) is 4.39 Å². The van der Waals surface area contributed by atoms with E-state index in [1.165, 1.54) is 24.3 Å². The molecule has 2 unspecified atom stereocenters. The van der Waals surface area contributed by atoms with Crippen LogP contribution in [0.1, 0.15) is 33.1 Å². The topological polar surface area (TPSA) is 37.4 Å². The van der Waals surface area contributed by atoms with Crippen LogP contribution in [0.25, 0.3) is 0 Å². The fourth-order valence-electron chi connectivity index (χ4n) is 2.59. The minimum atomic E-state index is -3.50. The van der Waals surface area contributed by atoms with Gasteiger partial charge in [-0.05, 0) is 50.5 Å². The van der Waals surface area contributed by atoms with E-state index in [9.17, 15) is 12.8 Å². The normalized spacial score (nSPS) is 25.5. The van der Waals surface area contributed by atoms with E-state index < -0.39 is 15.8 Å². The van der Waals surface area contributed by atoms with Crippen LogP contribution >= 0.6 is 0 Å². The molecule has 0 spiro atoms. The number of rotatable bonds is 3. The molecule has 1 heterocycles. The number of halogens is 1. The highest BCUT2D eigenvalue weighted by molar-refractivity contribution is 7.89. The average molecular weight is 271 g/mol. The molecule has 0 amide bonds. The fraction of sp³-hybridized carbons (Fsp3) is 0.538. The van der Waals surface area contributed by atoms with Crippen molar-refractivity contribution in [3.05, 3.63) is 30.1 Å². The molecule has 1 saturated heterocycles. The van der Waals surface area contributed by atoms with E-state index in [4.69, 9.17) is 0 Å². The van der Waals surface area contributed by atoms with Crippen molar-refractivity contribution in [1.82, 2.24) is 4.31 Å². The molecule has 0 aromatic heterocycles. The molecule has 1 aromatic carbocycles. The molecule has 1 fully saturated rings. The number of benzene rings is 1. The van der Waals surface area contributed by atoms with Crippen molar-refractivity contribution in [2.45, 2.75) is 50.1 Å². The number of hydrogen-bond acceptors (Lipinski definition) is 2. The molecule has 5 heteroatoms. The number of nitrogens with zero attached hydrogens (tertiary/aromatic N) is 1. The molecular formula is C13H18FNO2S. The van der Waals surface area contributed by atoms with E-state index in [1.54, 1.807) is 4.31 Å². The van der Waals surface area contributed by atoms with Gasteiger partial charge in [-0.1, -0.05) is 6.92 Å². The van der Waals surface area contributed by atoms with Gasteiger partial charge in [0, 0.05) is 12.1 Å². The average Bonchev–Trinajstić information content (AvgIpc) is 2.71.